The molecule has 1 fully saturated rings. The summed E-state index contributed by atoms with van der Waals surface area (Å²) < 4.78 is 20.5. The van der Waals surface area contributed by atoms with Crippen molar-refractivity contribution in [3.8, 4) is 11.5 Å². The summed E-state index contributed by atoms with van der Waals surface area (Å²) in [6, 6.07) is 16.8. The number of pyridine rings is 2. The first-order chi connectivity index (χ1) is 17.9. The van der Waals surface area contributed by atoms with Crippen LogP contribution in [0.1, 0.15) is 41.3 Å². The van der Waals surface area contributed by atoms with Crippen LogP contribution in [0.5, 0.6) is 11.5 Å². The summed E-state index contributed by atoms with van der Waals surface area (Å²) >= 11 is 0. The number of benzene rings is 2. The molecule has 2 N–H and O–H groups in total. The molecule has 0 aliphatic heterocycles. The minimum atomic E-state index is -0.671. The van der Waals surface area contributed by atoms with Crippen LogP contribution in [0.2, 0.25) is 0 Å². The van der Waals surface area contributed by atoms with Gasteiger partial charge in [-0.3, -0.25) is 14.6 Å². The number of rotatable bonds is 9. The average molecular weight is 502 g/mol. The maximum absolute atomic E-state index is 13.5. The smallest absolute Gasteiger partial charge is 0.267 e. The van der Waals surface area contributed by atoms with Crippen LogP contribution in [0.4, 0.5) is 4.39 Å². The van der Waals surface area contributed by atoms with Crippen LogP contribution in [0.25, 0.3) is 11.0 Å². The number of nitrogens with one attached hydrogen (secondary N) is 1. The minimum absolute atomic E-state index is 0.196. The molecular formula is C29H28FN3O4. The third-order valence-corrected chi connectivity index (χ3v) is 6.44. The van der Waals surface area contributed by atoms with Crippen LogP contribution in [0, 0.1) is 11.7 Å². The van der Waals surface area contributed by atoms with Gasteiger partial charge >= 0.3 is 0 Å². The van der Waals surface area contributed by atoms with Gasteiger partial charge in [-0.2, -0.15) is 0 Å². The van der Waals surface area contributed by atoms with Crippen LogP contribution in [-0.2, 0) is 13.0 Å². The number of hydrogen-bond acceptors (Lipinski definition) is 5. The number of halogens is 1. The van der Waals surface area contributed by atoms with Gasteiger partial charge in [0.1, 0.15) is 29.3 Å². The number of para-hydroxylation sites is 1. The van der Waals surface area contributed by atoms with Gasteiger partial charge in [-0.25, -0.2) is 4.39 Å². The molecule has 0 spiro atoms. The maximum Gasteiger partial charge on any atom is 0.267 e. The number of amides is 1. The Labute approximate surface area is 213 Å². The second-order valence-electron chi connectivity index (χ2n) is 9.60. The van der Waals surface area contributed by atoms with Crippen LogP contribution < -0.4 is 15.6 Å². The van der Waals surface area contributed by atoms with E-state index in [1.165, 1.54) is 12.1 Å². The molecule has 1 saturated carbocycles. The zero-order valence-electron chi connectivity index (χ0n) is 20.5. The minimum Gasteiger partial charge on any atom is -0.505 e. The van der Waals surface area contributed by atoms with E-state index in [1.807, 2.05) is 36.4 Å². The largest absolute Gasteiger partial charge is 0.505 e. The summed E-state index contributed by atoms with van der Waals surface area (Å²) in [5.74, 6) is -0.399. The van der Waals surface area contributed by atoms with Crippen molar-refractivity contribution in [1.29, 1.82) is 0 Å². The van der Waals surface area contributed by atoms with E-state index >= 15 is 0 Å². The summed E-state index contributed by atoms with van der Waals surface area (Å²) in [5.41, 5.74) is 1.51. The summed E-state index contributed by atoms with van der Waals surface area (Å²) in [5, 5.41) is 13.8. The highest BCUT2D eigenvalue weighted by molar-refractivity contribution is 6.01. The van der Waals surface area contributed by atoms with E-state index in [2.05, 4.69) is 10.3 Å². The molecule has 1 amide bonds. The van der Waals surface area contributed by atoms with Gasteiger partial charge in [-0.05, 0) is 73.6 Å². The standard InChI is InChI=1S/C29H28FN3O4/c1-18(17-37-23-5-3-2-4-6-23)32-28(35)25-27(34)26-24(33(29(25)36)16-20-7-8-20)14-21(15-31-26)13-19-9-11-22(30)12-10-19/h2-6,9-12,14-15,18,20,34H,7-8,13,16-17H2,1H3,(H,32,35). The van der Waals surface area contributed by atoms with Crippen molar-refractivity contribution >= 4 is 16.9 Å². The Morgan fingerprint density at radius 2 is 1.89 bits per heavy atom. The van der Waals surface area contributed by atoms with Gasteiger partial charge in [0.05, 0.1) is 11.6 Å². The molecule has 2 heterocycles. The van der Waals surface area contributed by atoms with Crippen molar-refractivity contribution in [2.24, 2.45) is 5.92 Å². The Morgan fingerprint density at radius 3 is 2.59 bits per heavy atom. The number of carbonyl (C=O) groups excluding carboxylic acids is 1. The first kappa shape index (κ1) is 24.5. The van der Waals surface area contributed by atoms with Crippen molar-refractivity contribution in [1.82, 2.24) is 14.9 Å². The SMILES string of the molecule is CC(COc1ccccc1)NC(=O)c1c(O)c2ncc(Cc3ccc(F)cc3)cc2n(CC2CC2)c1=O. The lowest BCUT2D eigenvalue weighted by atomic mass is 10.0. The van der Waals surface area contributed by atoms with Gasteiger partial charge in [0.2, 0.25) is 0 Å². The van der Waals surface area contributed by atoms with Crippen molar-refractivity contribution in [3.63, 3.8) is 0 Å². The molecule has 0 saturated heterocycles. The summed E-state index contributed by atoms with van der Waals surface area (Å²) in [6.45, 7) is 2.41. The zero-order chi connectivity index (χ0) is 25.9. The lowest BCUT2D eigenvalue weighted by molar-refractivity contribution is 0.0922. The Morgan fingerprint density at radius 1 is 1.16 bits per heavy atom. The number of carbonyl (C=O) groups is 1. The van der Waals surface area contributed by atoms with E-state index in [9.17, 15) is 19.1 Å². The molecule has 0 bridgehead atoms. The Kier molecular flexibility index (Phi) is 6.90. The number of hydrogen-bond donors (Lipinski definition) is 2. The van der Waals surface area contributed by atoms with Crippen LogP contribution >= 0.6 is 0 Å². The van der Waals surface area contributed by atoms with Crippen molar-refractivity contribution in [2.75, 3.05) is 6.61 Å². The second kappa shape index (κ2) is 10.4. The first-order valence-corrected chi connectivity index (χ1v) is 12.4. The highest BCUT2D eigenvalue weighted by Gasteiger charge is 2.28. The van der Waals surface area contributed by atoms with E-state index in [-0.39, 0.29) is 23.5 Å². The Bertz CT molecular complexity index is 1480. The van der Waals surface area contributed by atoms with Gasteiger partial charge in [0, 0.05) is 12.7 Å². The predicted molar refractivity (Wildman–Crippen MR) is 138 cm³/mol. The molecule has 1 aliphatic carbocycles. The topological polar surface area (TPSA) is 93.4 Å². The third-order valence-electron chi connectivity index (χ3n) is 6.44. The first-order valence-electron chi connectivity index (χ1n) is 12.4. The molecule has 0 radical (unpaired) electrons. The van der Waals surface area contributed by atoms with E-state index < -0.39 is 23.3 Å². The monoisotopic (exact) mass is 501 g/mol. The highest BCUT2D eigenvalue weighted by atomic mass is 19.1. The van der Waals surface area contributed by atoms with E-state index in [0.29, 0.717) is 30.1 Å². The van der Waals surface area contributed by atoms with Crippen molar-refractivity contribution in [2.45, 2.75) is 38.8 Å². The van der Waals surface area contributed by atoms with E-state index in [4.69, 9.17) is 4.74 Å². The van der Waals surface area contributed by atoms with Crippen molar-refractivity contribution < 1.29 is 19.0 Å². The molecule has 2 aromatic carbocycles. The normalized spacial score (nSPS) is 13.9. The lowest BCUT2D eigenvalue weighted by Crippen LogP contribution is -2.40. The van der Waals surface area contributed by atoms with Crippen LogP contribution in [-0.4, -0.2) is 33.2 Å². The van der Waals surface area contributed by atoms with Crippen LogP contribution in [0.15, 0.2) is 71.7 Å². The third kappa shape index (κ3) is 5.63. The molecule has 1 atom stereocenters. The number of ether oxygens (including phenoxy) is 1. The van der Waals surface area contributed by atoms with E-state index in [0.717, 1.165) is 24.0 Å². The molecule has 2 aromatic heterocycles. The maximum atomic E-state index is 13.5. The predicted octanol–water partition coefficient (Wildman–Crippen LogP) is 4.44. The molecule has 1 unspecified atom stereocenters. The molecule has 5 rings (SSSR count). The molecule has 7 nitrogen and oxygen atoms in total. The number of fused-ring (bicyclic) bond motifs is 1. The molecule has 4 aromatic rings. The number of nitrogens with zero attached hydrogens (tertiary/aromatic N) is 2. The fourth-order valence-electron chi connectivity index (χ4n) is 4.30. The number of aromatic nitrogens is 2. The molecule has 1 aliphatic rings. The van der Waals surface area contributed by atoms with Gasteiger partial charge in [0.25, 0.3) is 11.5 Å². The van der Waals surface area contributed by atoms with Gasteiger partial charge < -0.3 is 19.7 Å². The average Bonchev–Trinajstić information content (AvgIpc) is 3.72. The fourth-order valence-corrected chi connectivity index (χ4v) is 4.30. The molecule has 8 heteroatoms. The highest BCUT2D eigenvalue weighted by Crippen LogP contribution is 2.33. The summed E-state index contributed by atoms with van der Waals surface area (Å²) in [7, 11) is 0. The Hall–Kier alpha value is -4.20. The quantitative estimate of drug-likeness (QED) is 0.354. The van der Waals surface area contributed by atoms with Gasteiger partial charge in [0.15, 0.2) is 5.75 Å². The Balaban J connectivity index is 1.44. The molecule has 190 valence electrons. The summed E-state index contributed by atoms with van der Waals surface area (Å²) in [4.78, 5) is 31.1. The zero-order valence-corrected chi connectivity index (χ0v) is 20.5. The van der Waals surface area contributed by atoms with Crippen molar-refractivity contribution in [3.05, 3.63) is 99.7 Å². The molecule has 37 heavy (non-hydrogen) atoms. The summed E-state index contributed by atoms with van der Waals surface area (Å²) in [6.07, 6.45) is 4.11. The van der Waals surface area contributed by atoms with Crippen LogP contribution in [0.3, 0.4) is 0 Å². The lowest BCUT2D eigenvalue weighted by Gasteiger charge is -2.18. The van der Waals surface area contributed by atoms with E-state index in [1.54, 1.807) is 29.8 Å². The second-order valence-corrected chi connectivity index (χ2v) is 9.60. The van der Waals surface area contributed by atoms with Gasteiger partial charge in [-0.1, -0.05) is 30.3 Å². The molecular weight excluding hydrogens is 473 g/mol. The fraction of sp³-hybridized carbons (Fsp3) is 0.276. The number of aromatic hydroxyl groups is 1. The van der Waals surface area contributed by atoms with Gasteiger partial charge in [-0.15, -0.1) is 0 Å².